The van der Waals surface area contributed by atoms with Gasteiger partial charge in [-0.1, -0.05) is 6.07 Å². The van der Waals surface area contributed by atoms with E-state index in [0.717, 1.165) is 21.7 Å². The number of hydrogen-bond donors (Lipinski definition) is 0. The third-order valence-electron chi connectivity index (χ3n) is 4.89. The SMILES string of the molecule is O=C(c1ccc(COc2cccc(C(F)(F)F)c2)o1)N1CCC(C(F)(F)F)n2nccc21. The van der Waals surface area contributed by atoms with Crippen LogP contribution in [0.25, 0.3) is 0 Å². The van der Waals surface area contributed by atoms with Crippen LogP contribution in [0.15, 0.2) is 53.1 Å². The monoisotopic (exact) mass is 459 g/mol. The van der Waals surface area contributed by atoms with Gasteiger partial charge in [-0.15, -0.1) is 0 Å². The first-order valence-corrected chi connectivity index (χ1v) is 9.35. The Hall–Kier alpha value is -3.44. The van der Waals surface area contributed by atoms with Crippen LogP contribution >= 0.6 is 0 Å². The number of anilines is 1. The van der Waals surface area contributed by atoms with E-state index < -0.39 is 29.9 Å². The largest absolute Gasteiger partial charge is 0.486 e. The molecule has 6 nitrogen and oxygen atoms in total. The Labute approximate surface area is 177 Å². The molecule has 170 valence electrons. The number of furan rings is 1. The maximum atomic E-state index is 13.2. The zero-order chi connectivity index (χ0) is 23.1. The van der Waals surface area contributed by atoms with Gasteiger partial charge in [0.05, 0.1) is 11.8 Å². The Balaban J connectivity index is 1.46. The lowest BCUT2D eigenvalue weighted by Crippen LogP contribution is -2.43. The molecule has 1 atom stereocenters. The molecule has 3 heterocycles. The highest BCUT2D eigenvalue weighted by Crippen LogP contribution is 2.39. The van der Waals surface area contributed by atoms with Gasteiger partial charge in [0.2, 0.25) is 0 Å². The highest BCUT2D eigenvalue weighted by molar-refractivity contribution is 6.03. The van der Waals surface area contributed by atoms with Gasteiger partial charge in [-0.25, -0.2) is 4.68 Å². The highest BCUT2D eigenvalue weighted by atomic mass is 19.4. The minimum atomic E-state index is -4.52. The van der Waals surface area contributed by atoms with Gasteiger partial charge >= 0.3 is 12.4 Å². The standard InChI is InChI=1S/C20H15F6N3O3/c21-19(22,23)12-2-1-3-13(10-12)31-11-14-4-5-15(32-14)18(30)28-9-7-16(20(24,25)26)29-17(28)6-8-27-29/h1-6,8,10,16H,7,9,11H2. The second-order valence-corrected chi connectivity index (χ2v) is 7.02. The Morgan fingerprint density at radius 2 is 1.91 bits per heavy atom. The number of ether oxygens (including phenoxy) is 1. The van der Waals surface area contributed by atoms with Gasteiger partial charge in [0.15, 0.2) is 11.8 Å². The zero-order valence-corrected chi connectivity index (χ0v) is 16.2. The van der Waals surface area contributed by atoms with Gasteiger partial charge in [0.1, 0.15) is 23.9 Å². The summed E-state index contributed by atoms with van der Waals surface area (Å²) < 4.78 is 89.5. The van der Waals surface area contributed by atoms with Crippen LogP contribution < -0.4 is 9.64 Å². The number of halogens is 6. The second-order valence-electron chi connectivity index (χ2n) is 7.02. The number of carbonyl (C=O) groups is 1. The quantitative estimate of drug-likeness (QED) is 0.502. The van der Waals surface area contributed by atoms with E-state index in [2.05, 4.69) is 5.10 Å². The average molecular weight is 459 g/mol. The van der Waals surface area contributed by atoms with E-state index in [4.69, 9.17) is 9.15 Å². The summed E-state index contributed by atoms with van der Waals surface area (Å²) in [6, 6.07) is 6.48. The molecule has 0 fully saturated rings. The van der Waals surface area contributed by atoms with Crippen LogP contribution in [0.2, 0.25) is 0 Å². The summed E-state index contributed by atoms with van der Waals surface area (Å²) >= 11 is 0. The molecule has 0 N–H and O–H groups in total. The summed E-state index contributed by atoms with van der Waals surface area (Å²) in [5.41, 5.74) is -0.871. The number of alkyl halides is 6. The molecule has 32 heavy (non-hydrogen) atoms. The van der Waals surface area contributed by atoms with Crippen molar-refractivity contribution in [2.24, 2.45) is 0 Å². The normalized spacial score (nSPS) is 16.7. The van der Waals surface area contributed by atoms with Crippen LogP contribution in [-0.4, -0.2) is 28.4 Å². The van der Waals surface area contributed by atoms with Crippen LogP contribution in [0.5, 0.6) is 5.75 Å². The fourth-order valence-corrected chi connectivity index (χ4v) is 3.38. The third kappa shape index (κ3) is 4.30. The zero-order valence-electron chi connectivity index (χ0n) is 16.2. The van der Waals surface area contributed by atoms with Crippen LogP contribution in [0.4, 0.5) is 32.2 Å². The molecular weight excluding hydrogens is 444 g/mol. The van der Waals surface area contributed by atoms with Crippen LogP contribution in [0.1, 0.15) is 34.3 Å². The molecule has 2 aromatic heterocycles. The Bertz CT molecular complexity index is 1120. The minimum Gasteiger partial charge on any atom is -0.486 e. The van der Waals surface area contributed by atoms with Crippen molar-refractivity contribution in [3.05, 3.63) is 65.7 Å². The molecule has 0 bridgehead atoms. The van der Waals surface area contributed by atoms with Crippen molar-refractivity contribution in [2.75, 3.05) is 11.4 Å². The summed E-state index contributed by atoms with van der Waals surface area (Å²) in [5.74, 6) is -0.711. The molecule has 0 saturated heterocycles. The van der Waals surface area contributed by atoms with Crippen molar-refractivity contribution >= 4 is 11.7 Å². The Morgan fingerprint density at radius 1 is 1.12 bits per heavy atom. The maximum absolute atomic E-state index is 13.2. The predicted molar refractivity (Wildman–Crippen MR) is 98.1 cm³/mol. The van der Waals surface area contributed by atoms with Crippen molar-refractivity contribution in [3.8, 4) is 5.75 Å². The molecule has 1 aliphatic rings. The Kier molecular flexibility index (Phi) is 5.39. The van der Waals surface area contributed by atoms with E-state index >= 15 is 0 Å². The first-order chi connectivity index (χ1) is 15.0. The maximum Gasteiger partial charge on any atom is 0.416 e. The first kappa shape index (κ1) is 21.8. The lowest BCUT2D eigenvalue weighted by molar-refractivity contribution is -0.172. The van der Waals surface area contributed by atoms with Gasteiger partial charge in [-0.05, 0) is 36.8 Å². The highest BCUT2D eigenvalue weighted by Gasteiger charge is 2.46. The number of fused-ring (bicyclic) bond motifs is 1. The van der Waals surface area contributed by atoms with Gasteiger partial charge in [-0.3, -0.25) is 9.69 Å². The molecule has 1 unspecified atom stereocenters. The molecule has 0 spiro atoms. The first-order valence-electron chi connectivity index (χ1n) is 9.35. The number of benzene rings is 1. The predicted octanol–water partition coefficient (Wildman–Crippen LogP) is 5.23. The molecule has 1 aliphatic heterocycles. The van der Waals surface area contributed by atoms with E-state index in [1.165, 1.54) is 36.5 Å². The topological polar surface area (TPSA) is 60.5 Å². The number of rotatable bonds is 4. The molecule has 1 aromatic carbocycles. The minimum absolute atomic E-state index is 0.0123. The lowest BCUT2D eigenvalue weighted by atomic mass is 10.1. The fourth-order valence-electron chi connectivity index (χ4n) is 3.38. The average Bonchev–Trinajstić information content (AvgIpc) is 3.39. The van der Waals surface area contributed by atoms with Gasteiger partial charge in [0, 0.05) is 12.6 Å². The van der Waals surface area contributed by atoms with Gasteiger partial charge in [-0.2, -0.15) is 31.4 Å². The number of amides is 1. The molecule has 0 radical (unpaired) electrons. The smallest absolute Gasteiger partial charge is 0.416 e. The molecule has 4 rings (SSSR count). The summed E-state index contributed by atoms with van der Waals surface area (Å²) in [6.07, 6.45) is -8.21. The summed E-state index contributed by atoms with van der Waals surface area (Å²) in [6.45, 7) is -0.436. The molecule has 1 amide bonds. The van der Waals surface area contributed by atoms with E-state index in [9.17, 15) is 31.1 Å². The molecule has 0 aliphatic carbocycles. The van der Waals surface area contributed by atoms with Gasteiger partial charge in [0.25, 0.3) is 5.91 Å². The van der Waals surface area contributed by atoms with Crippen LogP contribution in [0, 0.1) is 0 Å². The van der Waals surface area contributed by atoms with Crippen molar-refractivity contribution in [3.63, 3.8) is 0 Å². The van der Waals surface area contributed by atoms with Crippen LogP contribution in [-0.2, 0) is 12.8 Å². The van der Waals surface area contributed by atoms with Crippen molar-refractivity contribution < 1.29 is 40.3 Å². The van der Waals surface area contributed by atoms with Crippen LogP contribution in [0.3, 0.4) is 0 Å². The summed E-state index contributed by atoms with van der Waals surface area (Å²) in [7, 11) is 0. The molecule has 12 heteroatoms. The van der Waals surface area contributed by atoms with Crippen molar-refractivity contribution in [2.45, 2.75) is 31.4 Å². The van der Waals surface area contributed by atoms with Crippen molar-refractivity contribution in [1.29, 1.82) is 0 Å². The molecular formula is C20H15F6N3O3. The summed E-state index contributed by atoms with van der Waals surface area (Å²) in [5, 5.41) is 3.70. The number of aromatic nitrogens is 2. The van der Waals surface area contributed by atoms with E-state index in [1.54, 1.807) is 0 Å². The Morgan fingerprint density at radius 3 is 2.62 bits per heavy atom. The second kappa shape index (κ2) is 7.92. The number of carbonyl (C=O) groups excluding carboxylic acids is 1. The van der Waals surface area contributed by atoms with E-state index in [-0.39, 0.29) is 42.7 Å². The lowest BCUT2D eigenvalue weighted by Gasteiger charge is -2.33. The number of hydrogen-bond acceptors (Lipinski definition) is 4. The number of nitrogens with zero attached hydrogens (tertiary/aromatic N) is 3. The summed E-state index contributed by atoms with van der Waals surface area (Å²) in [4.78, 5) is 13.9. The fraction of sp³-hybridized carbons (Fsp3) is 0.300. The molecule has 3 aromatic rings. The van der Waals surface area contributed by atoms with E-state index in [0.29, 0.717) is 0 Å². The molecule has 0 saturated carbocycles. The third-order valence-corrected chi connectivity index (χ3v) is 4.89. The van der Waals surface area contributed by atoms with E-state index in [1.807, 2.05) is 0 Å². The van der Waals surface area contributed by atoms with Gasteiger partial charge < -0.3 is 9.15 Å². The van der Waals surface area contributed by atoms with Crippen molar-refractivity contribution in [1.82, 2.24) is 9.78 Å².